The van der Waals surface area contributed by atoms with Crippen molar-refractivity contribution < 1.29 is 14.3 Å². The Kier molecular flexibility index (Phi) is 5.74. The predicted molar refractivity (Wildman–Crippen MR) is 92.1 cm³/mol. The van der Waals surface area contributed by atoms with Gasteiger partial charge in [0.1, 0.15) is 11.4 Å². The highest BCUT2D eigenvalue weighted by atomic mass is 127. The summed E-state index contributed by atoms with van der Waals surface area (Å²) in [5.74, 6) is -0.391. The van der Waals surface area contributed by atoms with Gasteiger partial charge in [-0.3, -0.25) is 14.2 Å². The van der Waals surface area contributed by atoms with Gasteiger partial charge in [0.25, 0.3) is 0 Å². The maximum Gasteiger partial charge on any atom is 0.343 e. The number of hydrogen-bond donors (Lipinski definition) is 1. The topological polar surface area (TPSA) is 91.0 Å². The largest absolute Gasteiger partial charge is 0.462 e. The van der Waals surface area contributed by atoms with E-state index in [4.69, 9.17) is 4.74 Å². The molecule has 2 aromatic rings. The number of nitrogens with zero attached hydrogens (tertiary/aromatic N) is 4. The molecule has 124 valence electrons. The lowest BCUT2D eigenvalue weighted by Crippen LogP contribution is -2.19. The summed E-state index contributed by atoms with van der Waals surface area (Å²) >= 11 is 2.20. The monoisotopic (exact) mass is 431 g/mol. The normalized spacial score (nSPS) is 10.6. The van der Waals surface area contributed by atoms with Gasteiger partial charge in [-0.2, -0.15) is 10.2 Å². The van der Waals surface area contributed by atoms with Crippen LogP contribution in [0.15, 0.2) is 12.4 Å². The van der Waals surface area contributed by atoms with Crippen LogP contribution in [0.25, 0.3) is 0 Å². The van der Waals surface area contributed by atoms with Gasteiger partial charge in [0.15, 0.2) is 0 Å². The molecule has 0 saturated heterocycles. The number of hydrogen-bond acceptors (Lipinski definition) is 5. The minimum Gasteiger partial charge on any atom is -0.462 e. The van der Waals surface area contributed by atoms with Crippen LogP contribution in [-0.2, 0) is 23.1 Å². The molecule has 0 fully saturated rings. The Bertz CT molecular complexity index is 722. The van der Waals surface area contributed by atoms with E-state index in [9.17, 15) is 9.59 Å². The first kappa shape index (κ1) is 17.4. The van der Waals surface area contributed by atoms with Crippen LogP contribution >= 0.6 is 22.6 Å². The molecular weight excluding hydrogens is 413 g/mol. The zero-order valence-corrected chi connectivity index (χ0v) is 15.3. The van der Waals surface area contributed by atoms with Gasteiger partial charge in [0, 0.05) is 19.2 Å². The summed E-state index contributed by atoms with van der Waals surface area (Å²) in [7, 11) is 1.65. The zero-order chi connectivity index (χ0) is 17.0. The van der Waals surface area contributed by atoms with Crippen molar-refractivity contribution in [2.24, 2.45) is 7.05 Å². The molecule has 1 amide bonds. The van der Waals surface area contributed by atoms with Crippen LogP contribution in [0.3, 0.4) is 0 Å². The van der Waals surface area contributed by atoms with Gasteiger partial charge in [0.2, 0.25) is 5.91 Å². The molecule has 2 aromatic heterocycles. The van der Waals surface area contributed by atoms with Crippen LogP contribution in [-0.4, -0.2) is 38.0 Å². The Labute approximate surface area is 147 Å². The third-order valence-electron chi connectivity index (χ3n) is 3.29. The first-order valence-corrected chi connectivity index (χ1v) is 8.18. The van der Waals surface area contributed by atoms with E-state index in [2.05, 4.69) is 38.1 Å². The fourth-order valence-electron chi connectivity index (χ4n) is 2.00. The Morgan fingerprint density at radius 3 is 2.70 bits per heavy atom. The molecule has 0 radical (unpaired) electrons. The Morgan fingerprint density at radius 2 is 2.09 bits per heavy atom. The molecule has 2 heterocycles. The Morgan fingerprint density at radius 1 is 1.35 bits per heavy atom. The van der Waals surface area contributed by atoms with E-state index in [1.165, 1.54) is 10.9 Å². The van der Waals surface area contributed by atoms with Gasteiger partial charge in [-0.15, -0.1) is 0 Å². The fraction of sp³-hybridized carbons (Fsp3) is 0.429. The summed E-state index contributed by atoms with van der Waals surface area (Å²) < 4.78 is 9.22. The highest BCUT2D eigenvalue weighted by Gasteiger charge is 2.19. The summed E-state index contributed by atoms with van der Waals surface area (Å²) in [6, 6.07) is 0. The molecule has 0 aliphatic rings. The molecule has 0 aliphatic heterocycles. The summed E-state index contributed by atoms with van der Waals surface area (Å²) in [4.78, 5) is 24.0. The molecule has 8 nitrogen and oxygen atoms in total. The van der Waals surface area contributed by atoms with Gasteiger partial charge >= 0.3 is 5.97 Å². The van der Waals surface area contributed by atoms with E-state index in [-0.39, 0.29) is 24.5 Å². The van der Waals surface area contributed by atoms with Crippen LogP contribution in [0, 0.1) is 10.5 Å². The van der Waals surface area contributed by atoms with Crippen molar-refractivity contribution >= 4 is 40.3 Å². The van der Waals surface area contributed by atoms with Crippen molar-refractivity contribution in [3.63, 3.8) is 0 Å². The molecule has 0 aromatic carbocycles. The Hall–Kier alpha value is -1.91. The maximum atomic E-state index is 12.1. The quantitative estimate of drug-likeness (QED) is 0.556. The first-order chi connectivity index (χ1) is 10.9. The second-order valence-corrected chi connectivity index (χ2v) is 6.01. The van der Waals surface area contributed by atoms with Crippen LogP contribution < -0.4 is 5.32 Å². The van der Waals surface area contributed by atoms with Crippen LogP contribution in [0.1, 0.15) is 29.4 Å². The van der Waals surface area contributed by atoms with Gasteiger partial charge in [-0.25, -0.2) is 4.79 Å². The Balaban J connectivity index is 2.01. The average molecular weight is 431 g/mol. The molecule has 9 heteroatoms. The van der Waals surface area contributed by atoms with E-state index >= 15 is 0 Å². The average Bonchev–Trinajstić information content (AvgIpc) is 3.02. The first-order valence-electron chi connectivity index (χ1n) is 7.11. The minimum absolute atomic E-state index is 0.218. The molecule has 23 heavy (non-hydrogen) atoms. The second-order valence-electron chi connectivity index (χ2n) is 4.85. The summed E-state index contributed by atoms with van der Waals surface area (Å²) in [5, 5.41) is 10.9. The molecule has 0 unspecified atom stereocenters. The van der Waals surface area contributed by atoms with E-state index in [0.29, 0.717) is 12.4 Å². The molecule has 1 N–H and O–H groups in total. The third-order valence-corrected chi connectivity index (χ3v) is 4.34. The predicted octanol–water partition coefficient (Wildman–Crippen LogP) is 1.74. The number of aryl methyl sites for hydroxylation is 2. The number of halogens is 1. The fourth-order valence-corrected chi connectivity index (χ4v) is 2.40. The number of carbonyl (C=O) groups excluding carboxylic acids is 2. The van der Waals surface area contributed by atoms with Crippen LogP contribution in [0.5, 0.6) is 0 Å². The SMILES string of the molecule is CCOC(=O)c1cnn(C)c1NC(=O)CCn1ncc(I)c1C. The minimum atomic E-state index is -0.506. The van der Waals surface area contributed by atoms with Gasteiger partial charge in [-0.1, -0.05) is 0 Å². The number of rotatable bonds is 6. The number of aromatic nitrogens is 4. The molecular formula is C14H18IN5O3. The number of anilines is 1. The molecule has 0 atom stereocenters. The molecule has 0 spiro atoms. The van der Waals surface area contributed by atoms with Crippen molar-refractivity contribution in [3.05, 3.63) is 27.2 Å². The van der Waals surface area contributed by atoms with Gasteiger partial charge < -0.3 is 10.1 Å². The molecule has 0 aliphatic carbocycles. The van der Waals surface area contributed by atoms with E-state index < -0.39 is 5.97 Å². The van der Waals surface area contributed by atoms with Crippen LogP contribution in [0.2, 0.25) is 0 Å². The smallest absolute Gasteiger partial charge is 0.343 e. The van der Waals surface area contributed by atoms with Crippen molar-refractivity contribution in [1.82, 2.24) is 19.6 Å². The lowest BCUT2D eigenvalue weighted by molar-refractivity contribution is -0.116. The van der Waals surface area contributed by atoms with Crippen molar-refractivity contribution in [2.75, 3.05) is 11.9 Å². The number of carbonyl (C=O) groups is 2. The van der Waals surface area contributed by atoms with Crippen molar-refractivity contribution in [1.29, 1.82) is 0 Å². The number of nitrogens with one attached hydrogen (secondary N) is 1. The van der Waals surface area contributed by atoms with E-state index in [1.54, 1.807) is 24.9 Å². The van der Waals surface area contributed by atoms with E-state index in [0.717, 1.165) is 9.26 Å². The highest BCUT2D eigenvalue weighted by Crippen LogP contribution is 2.16. The zero-order valence-electron chi connectivity index (χ0n) is 13.2. The summed E-state index contributed by atoms with van der Waals surface area (Å²) in [6.07, 6.45) is 3.38. The molecule has 0 bridgehead atoms. The maximum absolute atomic E-state index is 12.1. The molecule has 0 saturated carbocycles. The van der Waals surface area contributed by atoms with E-state index in [1.807, 2.05) is 6.92 Å². The number of esters is 1. The molecule has 2 rings (SSSR count). The standard InChI is InChI=1S/C14H18IN5O3/c1-4-23-14(22)10-7-16-19(3)13(10)18-12(21)5-6-20-9(2)11(15)8-17-20/h7-8H,4-6H2,1-3H3,(H,18,21). The second kappa shape index (κ2) is 7.57. The van der Waals surface area contributed by atoms with Gasteiger partial charge in [0.05, 0.1) is 29.1 Å². The number of amides is 1. The lowest BCUT2D eigenvalue weighted by Gasteiger charge is -2.09. The third kappa shape index (κ3) is 4.09. The summed E-state index contributed by atoms with van der Waals surface area (Å²) in [5.41, 5.74) is 1.26. The lowest BCUT2D eigenvalue weighted by atomic mass is 10.3. The highest BCUT2D eigenvalue weighted by molar-refractivity contribution is 14.1. The van der Waals surface area contributed by atoms with Crippen molar-refractivity contribution in [2.45, 2.75) is 26.8 Å². The van der Waals surface area contributed by atoms with Crippen LogP contribution in [0.4, 0.5) is 5.82 Å². The van der Waals surface area contributed by atoms with Crippen molar-refractivity contribution in [3.8, 4) is 0 Å². The summed E-state index contributed by atoms with van der Waals surface area (Å²) in [6.45, 7) is 4.40. The van der Waals surface area contributed by atoms with Gasteiger partial charge in [-0.05, 0) is 36.4 Å². The number of ether oxygens (including phenoxy) is 1.